The lowest BCUT2D eigenvalue weighted by molar-refractivity contribution is -0.0498. The SMILES string of the molecule is Cc1nccc2c1C(=O)N1CCN(S(=O)(=O)c3ccc(OC(F)F)cc3)CC21C. The summed E-state index contributed by atoms with van der Waals surface area (Å²) in [6, 6.07) is 6.63. The highest BCUT2D eigenvalue weighted by molar-refractivity contribution is 7.89. The van der Waals surface area contributed by atoms with Gasteiger partial charge in [-0.05, 0) is 49.7 Å². The fraction of sp³-hybridized carbons (Fsp3) is 0.368. The second-order valence-electron chi connectivity index (χ2n) is 7.24. The van der Waals surface area contributed by atoms with Gasteiger partial charge in [-0.1, -0.05) is 0 Å². The third-order valence-electron chi connectivity index (χ3n) is 5.52. The van der Waals surface area contributed by atoms with Crippen molar-refractivity contribution < 1.29 is 26.7 Å². The zero-order chi connectivity index (χ0) is 21.0. The molecular formula is C19H19F2N3O4S. The molecular weight excluding hydrogens is 404 g/mol. The van der Waals surface area contributed by atoms with Crippen LogP contribution in [0.5, 0.6) is 5.75 Å². The number of sulfonamides is 1. The van der Waals surface area contributed by atoms with E-state index in [0.717, 1.165) is 5.56 Å². The Morgan fingerprint density at radius 2 is 1.86 bits per heavy atom. The molecule has 2 aliphatic rings. The van der Waals surface area contributed by atoms with Crippen molar-refractivity contribution in [2.45, 2.75) is 30.9 Å². The first-order valence-electron chi connectivity index (χ1n) is 8.98. The number of halogens is 2. The third kappa shape index (κ3) is 3.06. The molecule has 10 heteroatoms. The number of ether oxygens (including phenoxy) is 1. The minimum absolute atomic E-state index is 0.0216. The molecule has 0 radical (unpaired) electrons. The summed E-state index contributed by atoms with van der Waals surface area (Å²) in [5.41, 5.74) is 1.11. The molecule has 29 heavy (non-hydrogen) atoms. The number of fused-ring (bicyclic) bond motifs is 3. The number of nitrogens with zero attached hydrogens (tertiary/aromatic N) is 3. The maximum Gasteiger partial charge on any atom is 0.387 e. The smallest absolute Gasteiger partial charge is 0.387 e. The molecule has 1 amide bonds. The van der Waals surface area contributed by atoms with Crippen molar-refractivity contribution in [2.75, 3.05) is 19.6 Å². The Balaban J connectivity index is 1.65. The van der Waals surface area contributed by atoms with Crippen LogP contribution in [0.1, 0.15) is 28.5 Å². The molecule has 0 spiro atoms. The quantitative estimate of drug-likeness (QED) is 0.754. The van der Waals surface area contributed by atoms with E-state index >= 15 is 0 Å². The van der Waals surface area contributed by atoms with Gasteiger partial charge in [0.25, 0.3) is 5.91 Å². The van der Waals surface area contributed by atoms with E-state index in [9.17, 15) is 22.0 Å². The molecule has 1 aromatic carbocycles. The predicted molar refractivity (Wildman–Crippen MR) is 99.2 cm³/mol. The summed E-state index contributed by atoms with van der Waals surface area (Å²) in [5, 5.41) is 0. The van der Waals surface area contributed by atoms with Gasteiger partial charge in [0.15, 0.2) is 0 Å². The van der Waals surface area contributed by atoms with Crippen molar-refractivity contribution >= 4 is 15.9 Å². The number of aryl methyl sites for hydroxylation is 1. The number of carbonyl (C=O) groups excluding carboxylic acids is 1. The molecule has 0 N–H and O–H groups in total. The van der Waals surface area contributed by atoms with E-state index in [0.29, 0.717) is 11.3 Å². The van der Waals surface area contributed by atoms with E-state index in [1.165, 1.54) is 28.6 Å². The number of amides is 1. The number of rotatable bonds is 4. The van der Waals surface area contributed by atoms with Gasteiger partial charge < -0.3 is 9.64 Å². The minimum Gasteiger partial charge on any atom is -0.435 e. The molecule has 2 aromatic rings. The van der Waals surface area contributed by atoms with Gasteiger partial charge in [0.2, 0.25) is 10.0 Å². The lowest BCUT2D eigenvalue weighted by Crippen LogP contribution is -2.58. The Kier molecular flexibility index (Phi) is 4.58. The number of pyridine rings is 1. The van der Waals surface area contributed by atoms with Crippen molar-refractivity contribution in [3.05, 3.63) is 53.3 Å². The van der Waals surface area contributed by atoms with Crippen LogP contribution in [0.25, 0.3) is 0 Å². The summed E-state index contributed by atoms with van der Waals surface area (Å²) in [4.78, 5) is 18.7. The van der Waals surface area contributed by atoms with Crippen molar-refractivity contribution in [3.8, 4) is 5.75 Å². The summed E-state index contributed by atoms with van der Waals surface area (Å²) < 4.78 is 56.5. The zero-order valence-electron chi connectivity index (χ0n) is 15.8. The number of alkyl halides is 2. The Labute approximate surface area is 167 Å². The molecule has 1 fully saturated rings. The first kappa shape index (κ1) is 19.7. The topological polar surface area (TPSA) is 79.8 Å². The summed E-state index contributed by atoms with van der Waals surface area (Å²) in [6.45, 7) is 1.10. The number of hydrogen-bond donors (Lipinski definition) is 0. The molecule has 1 unspecified atom stereocenters. The molecule has 0 bridgehead atoms. The van der Waals surface area contributed by atoms with Crippen molar-refractivity contribution in [1.82, 2.24) is 14.2 Å². The van der Waals surface area contributed by atoms with Gasteiger partial charge >= 0.3 is 6.61 Å². The molecule has 1 saturated heterocycles. The van der Waals surface area contributed by atoms with Gasteiger partial charge in [-0.15, -0.1) is 0 Å². The van der Waals surface area contributed by atoms with Crippen molar-refractivity contribution in [2.24, 2.45) is 0 Å². The van der Waals surface area contributed by atoms with E-state index in [4.69, 9.17) is 0 Å². The van der Waals surface area contributed by atoms with Crippen LogP contribution in [-0.2, 0) is 15.6 Å². The van der Waals surface area contributed by atoms with Crippen LogP contribution in [0.4, 0.5) is 8.78 Å². The zero-order valence-corrected chi connectivity index (χ0v) is 16.6. The lowest BCUT2D eigenvalue weighted by atomic mass is 9.90. The Hall–Kier alpha value is -2.59. The average molecular weight is 423 g/mol. The fourth-order valence-corrected chi connectivity index (χ4v) is 5.61. The first-order chi connectivity index (χ1) is 13.6. The maximum absolute atomic E-state index is 13.1. The van der Waals surface area contributed by atoms with Crippen LogP contribution in [0, 0.1) is 6.92 Å². The molecule has 0 saturated carbocycles. The van der Waals surface area contributed by atoms with E-state index in [2.05, 4.69) is 9.72 Å². The van der Waals surface area contributed by atoms with E-state index in [-0.39, 0.29) is 36.2 Å². The summed E-state index contributed by atoms with van der Waals surface area (Å²) >= 11 is 0. The van der Waals surface area contributed by atoms with Gasteiger partial charge in [0.05, 0.1) is 21.7 Å². The van der Waals surface area contributed by atoms with Crippen molar-refractivity contribution in [3.63, 3.8) is 0 Å². The number of carbonyl (C=O) groups is 1. The Morgan fingerprint density at radius 3 is 2.52 bits per heavy atom. The predicted octanol–water partition coefficient (Wildman–Crippen LogP) is 2.37. The van der Waals surface area contributed by atoms with E-state index < -0.39 is 22.2 Å². The van der Waals surface area contributed by atoms with Gasteiger partial charge in [0.1, 0.15) is 5.75 Å². The Morgan fingerprint density at radius 1 is 1.17 bits per heavy atom. The van der Waals surface area contributed by atoms with Crippen LogP contribution in [0.3, 0.4) is 0 Å². The van der Waals surface area contributed by atoms with Crippen LogP contribution < -0.4 is 4.74 Å². The number of hydrogen-bond acceptors (Lipinski definition) is 5. The highest BCUT2D eigenvalue weighted by Gasteiger charge is 2.52. The standard InChI is InChI=1S/C19H19F2N3O4S/c1-12-16-15(7-8-22-12)19(2)11-23(9-10-24(19)17(16)25)29(26,27)14-5-3-13(4-6-14)28-18(20)21/h3-8,18H,9-11H2,1-2H3. The van der Waals surface area contributed by atoms with Crippen LogP contribution >= 0.6 is 0 Å². The minimum atomic E-state index is -3.88. The summed E-state index contributed by atoms with van der Waals surface area (Å²) in [6.07, 6.45) is 1.62. The van der Waals surface area contributed by atoms with Gasteiger partial charge in [0, 0.05) is 25.8 Å². The molecule has 1 aromatic heterocycles. The van der Waals surface area contributed by atoms with Gasteiger partial charge in [-0.2, -0.15) is 13.1 Å². The van der Waals surface area contributed by atoms with Crippen LogP contribution in [0.2, 0.25) is 0 Å². The second kappa shape index (κ2) is 6.74. The molecule has 154 valence electrons. The first-order valence-corrected chi connectivity index (χ1v) is 10.4. The number of aromatic nitrogens is 1. The lowest BCUT2D eigenvalue weighted by Gasteiger charge is -2.44. The van der Waals surface area contributed by atoms with Crippen molar-refractivity contribution in [1.29, 1.82) is 0 Å². The average Bonchev–Trinajstić information content (AvgIpc) is 2.90. The normalized spacial score (nSPS) is 22.0. The summed E-state index contributed by atoms with van der Waals surface area (Å²) in [7, 11) is -3.88. The van der Waals surface area contributed by atoms with E-state index in [1.54, 1.807) is 24.1 Å². The molecule has 1 atom stereocenters. The summed E-state index contributed by atoms with van der Waals surface area (Å²) in [5.74, 6) is -0.257. The largest absolute Gasteiger partial charge is 0.435 e. The van der Waals surface area contributed by atoms with Crippen LogP contribution in [0.15, 0.2) is 41.4 Å². The second-order valence-corrected chi connectivity index (χ2v) is 9.18. The number of benzene rings is 1. The maximum atomic E-state index is 13.1. The molecule has 4 rings (SSSR count). The molecule has 0 aliphatic carbocycles. The monoisotopic (exact) mass is 423 g/mol. The third-order valence-corrected chi connectivity index (χ3v) is 7.38. The Bertz CT molecular complexity index is 1080. The van der Waals surface area contributed by atoms with Gasteiger partial charge in [-0.25, -0.2) is 8.42 Å². The molecule has 3 heterocycles. The van der Waals surface area contributed by atoms with Gasteiger partial charge in [-0.3, -0.25) is 9.78 Å². The van der Waals surface area contributed by atoms with E-state index in [1.807, 2.05) is 6.92 Å². The number of piperazine rings is 1. The molecule has 2 aliphatic heterocycles. The van der Waals surface area contributed by atoms with Crippen LogP contribution in [-0.4, -0.2) is 54.8 Å². The fourth-order valence-electron chi connectivity index (χ4n) is 4.09. The highest BCUT2D eigenvalue weighted by Crippen LogP contribution is 2.43. The highest BCUT2D eigenvalue weighted by atomic mass is 32.2. The molecule has 7 nitrogen and oxygen atoms in total.